The average molecular weight is 288 g/mol. The second-order valence-corrected chi connectivity index (χ2v) is 6.74. The molecule has 1 fully saturated rings. The fourth-order valence-corrected chi connectivity index (χ4v) is 3.03. The molecule has 1 aliphatic heterocycles. The highest BCUT2D eigenvalue weighted by Gasteiger charge is 2.33. The van der Waals surface area contributed by atoms with E-state index in [9.17, 15) is 0 Å². The van der Waals surface area contributed by atoms with Gasteiger partial charge in [-0.3, -0.25) is 9.30 Å². The first-order valence-corrected chi connectivity index (χ1v) is 7.54. The molecule has 2 aromatic heterocycles. The molecule has 21 heavy (non-hydrogen) atoms. The molecule has 0 saturated carbocycles. The zero-order valence-corrected chi connectivity index (χ0v) is 13.6. The molecule has 0 aliphatic carbocycles. The predicted molar refractivity (Wildman–Crippen MR) is 82.4 cm³/mol. The molecule has 3 rings (SSSR count). The fraction of sp³-hybridized carbons (Fsp3) is 0.625. The van der Waals surface area contributed by atoms with Crippen LogP contribution >= 0.6 is 0 Å². The van der Waals surface area contributed by atoms with E-state index >= 15 is 0 Å². The van der Waals surface area contributed by atoms with Crippen LogP contribution in [0.15, 0.2) is 12.3 Å². The predicted octanol–water partition coefficient (Wildman–Crippen LogP) is 2.35. The lowest BCUT2D eigenvalue weighted by Crippen LogP contribution is -2.55. The summed E-state index contributed by atoms with van der Waals surface area (Å²) in [5, 5.41) is 0. The molecule has 1 unspecified atom stereocenters. The third-order valence-corrected chi connectivity index (χ3v) is 4.27. The van der Waals surface area contributed by atoms with Gasteiger partial charge in [-0.05, 0) is 40.7 Å². The van der Waals surface area contributed by atoms with E-state index in [0.29, 0.717) is 0 Å². The zero-order valence-electron chi connectivity index (χ0n) is 13.6. The Kier molecular flexibility index (Phi) is 3.50. The topological polar surface area (TPSA) is 42.7 Å². The van der Waals surface area contributed by atoms with Crippen molar-refractivity contribution in [1.82, 2.24) is 19.3 Å². The number of ether oxygens (including phenoxy) is 1. The number of hydrogen-bond donors (Lipinski definition) is 0. The Bertz CT molecular complexity index is 662. The highest BCUT2D eigenvalue weighted by molar-refractivity contribution is 5.35. The van der Waals surface area contributed by atoms with Crippen LogP contribution < -0.4 is 0 Å². The second kappa shape index (κ2) is 5.07. The first-order chi connectivity index (χ1) is 9.87. The van der Waals surface area contributed by atoms with Gasteiger partial charge < -0.3 is 4.74 Å². The van der Waals surface area contributed by atoms with Crippen LogP contribution in [-0.2, 0) is 11.3 Å². The van der Waals surface area contributed by atoms with Crippen LogP contribution in [0.2, 0.25) is 0 Å². The minimum absolute atomic E-state index is 0.0443. The first-order valence-electron chi connectivity index (χ1n) is 7.54. The summed E-state index contributed by atoms with van der Waals surface area (Å²) in [6.45, 7) is 13.3. The summed E-state index contributed by atoms with van der Waals surface area (Å²) >= 11 is 0. The van der Waals surface area contributed by atoms with Crippen LogP contribution in [0.25, 0.3) is 5.78 Å². The van der Waals surface area contributed by atoms with Crippen molar-refractivity contribution in [2.45, 2.75) is 52.8 Å². The molecule has 0 amide bonds. The van der Waals surface area contributed by atoms with Crippen LogP contribution in [0.1, 0.15) is 37.9 Å². The summed E-state index contributed by atoms with van der Waals surface area (Å²) in [6, 6.07) is 2.10. The summed E-state index contributed by atoms with van der Waals surface area (Å²) in [7, 11) is 0. The largest absolute Gasteiger partial charge is 0.375 e. The zero-order chi connectivity index (χ0) is 15.2. The highest BCUT2D eigenvalue weighted by Crippen LogP contribution is 2.24. The SMILES string of the molecule is Cc1cc(C)n2c(CN3CC(C)OCC3(C)C)cnc2n1. The van der Waals surface area contributed by atoms with Crippen molar-refractivity contribution in [3.8, 4) is 0 Å². The van der Waals surface area contributed by atoms with Gasteiger partial charge >= 0.3 is 0 Å². The number of fused-ring (bicyclic) bond motifs is 1. The maximum atomic E-state index is 5.79. The summed E-state index contributed by atoms with van der Waals surface area (Å²) in [5.41, 5.74) is 3.43. The highest BCUT2D eigenvalue weighted by atomic mass is 16.5. The molecule has 5 heteroatoms. The van der Waals surface area contributed by atoms with Gasteiger partial charge in [0, 0.05) is 30.0 Å². The number of nitrogens with zero attached hydrogens (tertiary/aromatic N) is 4. The van der Waals surface area contributed by atoms with E-state index in [1.54, 1.807) is 0 Å². The van der Waals surface area contributed by atoms with Crippen molar-refractivity contribution in [1.29, 1.82) is 0 Å². The minimum atomic E-state index is 0.0443. The molecular weight excluding hydrogens is 264 g/mol. The van der Waals surface area contributed by atoms with E-state index in [1.165, 1.54) is 11.4 Å². The van der Waals surface area contributed by atoms with E-state index in [2.05, 4.69) is 53.0 Å². The Balaban J connectivity index is 1.94. The summed E-state index contributed by atoms with van der Waals surface area (Å²) in [5.74, 6) is 0.793. The van der Waals surface area contributed by atoms with Gasteiger partial charge in [-0.15, -0.1) is 0 Å². The third kappa shape index (κ3) is 2.68. The smallest absolute Gasteiger partial charge is 0.234 e. The molecular formula is C16H24N4O. The Morgan fingerprint density at radius 3 is 2.90 bits per heavy atom. The van der Waals surface area contributed by atoms with Crippen molar-refractivity contribution in [3.05, 3.63) is 29.3 Å². The molecule has 1 saturated heterocycles. The van der Waals surface area contributed by atoms with Gasteiger partial charge in [0.05, 0.1) is 24.6 Å². The van der Waals surface area contributed by atoms with Crippen molar-refractivity contribution in [3.63, 3.8) is 0 Å². The summed E-state index contributed by atoms with van der Waals surface area (Å²) in [4.78, 5) is 11.5. The van der Waals surface area contributed by atoms with Gasteiger partial charge in [0.15, 0.2) is 0 Å². The van der Waals surface area contributed by atoms with E-state index in [1.807, 2.05) is 13.1 Å². The molecule has 5 nitrogen and oxygen atoms in total. The van der Waals surface area contributed by atoms with Crippen LogP contribution in [-0.4, -0.2) is 44.1 Å². The fourth-order valence-electron chi connectivity index (χ4n) is 3.03. The maximum absolute atomic E-state index is 5.79. The molecule has 1 atom stereocenters. The van der Waals surface area contributed by atoms with Gasteiger partial charge in [-0.1, -0.05) is 0 Å². The molecule has 0 radical (unpaired) electrons. The Morgan fingerprint density at radius 2 is 2.14 bits per heavy atom. The third-order valence-electron chi connectivity index (χ3n) is 4.27. The number of imidazole rings is 1. The van der Waals surface area contributed by atoms with E-state index < -0.39 is 0 Å². The molecule has 1 aliphatic rings. The van der Waals surface area contributed by atoms with Gasteiger partial charge in [0.2, 0.25) is 5.78 Å². The molecule has 3 heterocycles. The van der Waals surface area contributed by atoms with Crippen LogP contribution in [0.5, 0.6) is 0 Å². The standard InChI is InChI=1S/C16H24N4O/c1-11-6-12(2)20-14(7-17-15(20)18-11)9-19-8-13(3)21-10-16(19,4)5/h6-7,13H,8-10H2,1-5H3. The normalized spacial score (nSPS) is 22.8. The number of rotatable bonds is 2. The summed E-state index contributed by atoms with van der Waals surface area (Å²) < 4.78 is 7.95. The quantitative estimate of drug-likeness (QED) is 0.851. The minimum Gasteiger partial charge on any atom is -0.375 e. The Hall–Kier alpha value is -1.46. The lowest BCUT2D eigenvalue weighted by Gasteiger charge is -2.44. The Labute approximate surface area is 126 Å². The average Bonchev–Trinajstić information content (AvgIpc) is 2.77. The molecule has 0 N–H and O–H groups in total. The molecule has 0 spiro atoms. The number of aromatic nitrogens is 3. The lowest BCUT2D eigenvalue weighted by molar-refractivity contribution is -0.0954. The first kappa shape index (κ1) is 14.5. The van der Waals surface area contributed by atoms with Crippen molar-refractivity contribution >= 4 is 5.78 Å². The molecule has 0 aromatic carbocycles. The van der Waals surface area contributed by atoms with Gasteiger partial charge in [0.1, 0.15) is 0 Å². The van der Waals surface area contributed by atoms with E-state index in [0.717, 1.165) is 31.2 Å². The van der Waals surface area contributed by atoms with Crippen LogP contribution in [0.4, 0.5) is 0 Å². The van der Waals surface area contributed by atoms with E-state index in [4.69, 9.17) is 4.74 Å². The van der Waals surface area contributed by atoms with Gasteiger partial charge in [-0.2, -0.15) is 0 Å². The number of morpholine rings is 1. The molecule has 114 valence electrons. The number of hydrogen-bond acceptors (Lipinski definition) is 4. The van der Waals surface area contributed by atoms with Crippen LogP contribution in [0, 0.1) is 13.8 Å². The molecule has 0 bridgehead atoms. The second-order valence-electron chi connectivity index (χ2n) is 6.74. The van der Waals surface area contributed by atoms with E-state index in [-0.39, 0.29) is 11.6 Å². The van der Waals surface area contributed by atoms with Crippen molar-refractivity contribution in [2.24, 2.45) is 0 Å². The lowest BCUT2D eigenvalue weighted by atomic mass is 10.0. The molecule has 2 aromatic rings. The summed E-state index contributed by atoms with van der Waals surface area (Å²) in [6.07, 6.45) is 2.23. The van der Waals surface area contributed by atoms with Gasteiger partial charge in [-0.25, -0.2) is 9.97 Å². The number of aryl methyl sites for hydroxylation is 2. The monoisotopic (exact) mass is 288 g/mol. The van der Waals surface area contributed by atoms with Crippen molar-refractivity contribution < 1.29 is 4.74 Å². The van der Waals surface area contributed by atoms with Crippen molar-refractivity contribution in [2.75, 3.05) is 13.2 Å². The maximum Gasteiger partial charge on any atom is 0.234 e. The van der Waals surface area contributed by atoms with Crippen LogP contribution in [0.3, 0.4) is 0 Å². The van der Waals surface area contributed by atoms with Gasteiger partial charge in [0.25, 0.3) is 0 Å². The Morgan fingerprint density at radius 1 is 1.38 bits per heavy atom.